The van der Waals surface area contributed by atoms with Crippen LogP contribution in [0.4, 0.5) is 0 Å². The fourth-order valence-corrected chi connectivity index (χ4v) is 3.14. The minimum Gasteiger partial charge on any atom is -0.369 e. The highest BCUT2D eigenvalue weighted by Gasteiger charge is 2.23. The number of primary amides is 1. The van der Waals surface area contributed by atoms with Gasteiger partial charge in [-0.3, -0.25) is 14.7 Å². The summed E-state index contributed by atoms with van der Waals surface area (Å²) in [5.74, 6) is -0.398. The standard InChI is InChI=1S/C18H23N5O2/c19-17(24)15-2-1-10-23(12-15)11-9-20-18(25)14-5-3-13(4-6-14)16-7-8-21-22-16/h3-8,15H,1-2,9-12H2,(H2,19,24)(H,20,25)(H,21,22)/t15-/m1/s1. The molecule has 25 heavy (non-hydrogen) atoms. The molecule has 0 radical (unpaired) electrons. The van der Waals surface area contributed by atoms with E-state index >= 15 is 0 Å². The van der Waals surface area contributed by atoms with Crippen LogP contribution >= 0.6 is 0 Å². The van der Waals surface area contributed by atoms with Crippen molar-refractivity contribution in [2.45, 2.75) is 12.8 Å². The second kappa shape index (κ2) is 7.94. The second-order valence-corrected chi connectivity index (χ2v) is 6.35. The van der Waals surface area contributed by atoms with Crippen LogP contribution in [0.3, 0.4) is 0 Å². The van der Waals surface area contributed by atoms with E-state index in [1.807, 2.05) is 18.2 Å². The number of nitrogens with one attached hydrogen (secondary N) is 2. The Kier molecular flexibility index (Phi) is 5.45. The van der Waals surface area contributed by atoms with Crippen LogP contribution in [0, 0.1) is 5.92 Å². The zero-order chi connectivity index (χ0) is 17.6. The number of H-pyrrole nitrogens is 1. The lowest BCUT2D eigenvalue weighted by molar-refractivity contribution is -0.123. The van der Waals surface area contributed by atoms with Gasteiger partial charge in [-0.2, -0.15) is 5.10 Å². The molecular formula is C18H23N5O2. The smallest absolute Gasteiger partial charge is 0.251 e. The van der Waals surface area contributed by atoms with Crippen LogP contribution < -0.4 is 11.1 Å². The zero-order valence-electron chi connectivity index (χ0n) is 14.1. The number of rotatable bonds is 6. The molecule has 7 nitrogen and oxygen atoms in total. The fourth-order valence-electron chi connectivity index (χ4n) is 3.14. The number of benzene rings is 1. The number of aromatic amines is 1. The molecule has 1 saturated heterocycles. The lowest BCUT2D eigenvalue weighted by atomic mass is 9.97. The molecule has 0 unspecified atom stereocenters. The highest BCUT2D eigenvalue weighted by molar-refractivity contribution is 5.94. The lowest BCUT2D eigenvalue weighted by Crippen LogP contribution is -2.44. The average Bonchev–Trinajstić information content (AvgIpc) is 3.17. The number of nitrogens with two attached hydrogens (primary N) is 1. The molecule has 132 valence electrons. The number of nitrogens with zero attached hydrogens (tertiary/aromatic N) is 2. The van der Waals surface area contributed by atoms with E-state index in [-0.39, 0.29) is 17.7 Å². The molecule has 0 aliphatic carbocycles. The van der Waals surface area contributed by atoms with Crippen LogP contribution in [0.15, 0.2) is 36.5 Å². The highest BCUT2D eigenvalue weighted by atomic mass is 16.2. The normalized spacial score (nSPS) is 18.0. The molecule has 7 heteroatoms. The van der Waals surface area contributed by atoms with E-state index in [0.29, 0.717) is 18.7 Å². The first-order valence-electron chi connectivity index (χ1n) is 8.53. The van der Waals surface area contributed by atoms with Gasteiger partial charge in [-0.1, -0.05) is 12.1 Å². The van der Waals surface area contributed by atoms with Gasteiger partial charge in [-0.15, -0.1) is 0 Å². The molecule has 1 aliphatic heterocycles. The maximum atomic E-state index is 12.2. The molecule has 0 saturated carbocycles. The van der Waals surface area contributed by atoms with E-state index < -0.39 is 0 Å². The van der Waals surface area contributed by atoms with Gasteiger partial charge in [-0.25, -0.2) is 0 Å². The van der Waals surface area contributed by atoms with Crippen LogP contribution in [0.5, 0.6) is 0 Å². The van der Waals surface area contributed by atoms with E-state index in [1.165, 1.54) is 0 Å². The Labute approximate surface area is 146 Å². The Hall–Kier alpha value is -2.67. The Morgan fingerprint density at radius 3 is 2.76 bits per heavy atom. The Morgan fingerprint density at radius 2 is 2.08 bits per heavy atom. The predicted octanol–water partition coefficient (Wildman–Crippen LogP) is 1.00. The molecule has 0 bridgehead atoms. The number of amides is 2. The summed E-state index contributed by atoms with van der Waals surface area (Å²) >= 11 is 0. The Morgan fingerprint density at radius 1 is 1.28 bits per heavy atom. The third-order valence-electron chi connectivity index (χ3n) is 4.58. The summed E-state index contributed by atoms with van der Waals surface area (Å²) in [6.07, 6.45) is 3.52. The Balaban J connectivity index is 1.47. The summed E-state index contributed by atoms with van der Waals surface area (Å²) in [6.45, 7) is 2.90. The number of piperidine rings is 1. The summed E-state index contributed by atoms with van der Waals surface area (Å²) in [7, 11) is 0. The molecule has 2 amide bonds. The van der Waals surface area contributed by atoms with Crippen molar-refractivity contribution < 1.29 is 9.59 Å². The summed E-state index contributed by atoms with van der Waals surface area (Å²) < 4.78 is 0. The average molecular weight is 341 g/mol. The predicted molar refractivity (Wildman–Crippen MR) is 94.7 cm³/mol. The van der Waals surface area contributed by atoms with Crippen molar-refractivity contribution in [2.75, 3.05) is 26.2 Å². The van der Waals surface area contributed by atoms with Crippen molar-refractivity contribution in [3.05, 3.63) is 42.1 Å². The minimum absolute atomic E-state index is 0.0699. The molecule has 2 heterocycles. The summed E-state index contributed by atoms with van der Waals surface area (Å²) in [5.41, 5.74) is 7.91. The number of carbonyl (C=O) groups is 2. The van der Waals surface area contributed by atoms with Crippen LogP contribution in [0.1, 0.15) is 23.2 Å². The molecular weight excluding hydrogens is 318 g/mol. The third-order valence-corrected chi connectivity index (χ3v) is 4.58. The maximum Gasteiger partial charge on any atom is 0.251 e. The van der Waals surface area contributed by atoms with Gasteiger partial charge in [0.25, 0.3) is 5.91 Å². The van der Waals surface area contributed by atoms with Crippen LogP contribution in [-0.2, 0) is 4.79 Å². The van der Waals surface area contributed by atoms with Crippen molar-refractivity contribution in [3.8, 4) is 11.3 Å². The highest BCUT2D eigenvalue weighted by Crippen LogP contribution is 2.17. The minimum atomic E-state index is -0.230. The molecule has 2 aromatic rings. The van der Waals surface area contributed by atoms with Gasteiger partial charge in [0.15, 0.2) is 0 Å². The van der Waals surface area contributed by atoms with Crippen LogP contribution in [0.25, 0.3) is 11.3 Å². The maximum absolute atomic E-state index is 12.2. The lowest BCUT2D eigenvalue weighted by Gasteiger charge is -2.31. The summed E-state index contributed by atoms with van der Waals surface area (Å²) in [6, 6.07) is 9.27. The van der Waals surface area contributed by atoms with Gasteiger partial charge < -0.3 is 16.0 Å². The number of aromatic nitrogens is 2. The van der Waals surface area contributed by atoms with Crippen molar-refractivity contribution in [3.63, 3.8) is 0 Å². The van der Waals surface area contributed by atoms with E-state index in [2.05, 4.69) is 20.4 Å². The zero-order valence-corrected chi connectivity index (χ0v) is 14.1. The number of hydrogen-bond acceptors (Lipinski definition) is 4. The van der Waals surface area contributed by atoms with Gasteiger partial charge in [0.2, 0.25) is 5.91 Å². The van der Waals surface area contributed by atoms with Crippen LogP contribution in [0.2, 0.25) is 0 Å². The van der Waals surface area contributed by atoms with Crippen molar-refractivity contribution in [1.29, 1.82) is 0 Å². The van der Waals surface area contributed by atoms with Crippen molar-refractivity contribution in [1.82, 2.24) is 20.4 Å². The Bertz CT molecular complexity index is 712. The molecule has 1 atom stereocenters. The first-order chi connectivity index (χ1) is 12.1. The SMILES string of the molecule is NC(=O)[C@@H]1CCCN(CCNC(=O)c2ccc(-c3ccn[nH]3)cc2)C1. The van der Waals surface area contributed by atoms with E-state index in [1.54, 1.807) is 18.3 Å². The van der Waals surface area contributed by atoms with Gasteiger partial charge in [0.1, 0.15) is 0 Å². The monoisotopic (exact) mass is 341 g/mol. The molecule has 1 aliphatic rings. The summed E-state index contributed by atoms with van der Waals surface area (Å²) in [4.78, 5) is 25.7. The largest absolute Gasteiger partial charge is 0.369 e. The van der Waals surface area contributed by atoms with E-state index in [9.17, 15) is 9.59 Å². The van der Waals surface area contributed by atoms with Gasteiger partial charge in [0, 0.05) is 31.4 Å². The summed E-state index contributed by atoms with van der Waals surface area (Å²) in [5, 5.41) is 9.74. The van der Waals surface area contributed by atoms with E-state index in [0.717, 1.165) is 37.2 Å². The topological polar surface area (TPSA) is 104 Å². The van der Waals surface area contributed by atoms with Crippen LogP contribution in [-0.4, -0.2) is 53.1 Å². The van der Waals surface area contributed by atoms with Gasteiger partial charge in [0.05, 0.1) is 11.6 Å². The van der Waals surface area contributed by atoms with Gasteiger partial charge in [-0.05, 0) is 43.1 Å². The number of carbonyl (C=O) groups excluding carboxylic acids is 2. The molecule has 3 rings (SSSR count). The third kappa shape index (κ3) is 4.45. The fraction of sp³-hybridized carbons (Fsp3) is 0.389. The first-order valence-corrected chi connectivity index (χ1v) is 8.53. The number of hydrogen-bond donors (Lipinski definition) is 3. The molecule has 4 N–H and O–H groups in total. The van der Waals surface area contributed by atoms with Gasteiger partial charge >= 0.3 is 0 Å². The second-order valence-electron chi connectivity index (χ2n) is 6.35. The molecule has 1 aromatic heterocycles. The molecule has 0 spiro atoms. The van der Waals surface area contributed by atoms with Crippen molar-refractivity contribution in [2.24, 2.45) is 11.7 Å². The first kappa shape index (κ1) is 17.2. The molecule has 1 fully saturated rings. The van der Waals surface area contributed by atoms with E-state index in [4.69, 9.17) is 5.73 Å². The quantitative estimate of drug-likeness (QED) is 0.729. The van der Waals surface area contributed by atoms with Crippen molar-refractivity contribution >= 4 is 11.8 Å². The molecule has 1 aromatic carbocycles. The number of likely N-dealkylation sites (tertiary alicyclic amines) is 1.